The van der Waals surface area contributed by atoms with Crippen LogP contribution in [0.4, 0.5) is 5.69 Å². The number of benzene rings is 1. The third-order valence-corrected chi connectivity index (χ3v) is 6.33. The van der Waals surface area contributed by atoms with Gasteiger partial charge in [0.05, 0.1) is 6.04 Å². The molecule has 5 nitrogen and oxygen atoms in total. The summed E-state index contributed by atoms with van der Waals surface area (Å²) in [5.41, 5.74) is 2.67. The number of aromatic nitrogens is 2. The second kappa shape index (κ2) is 6.09. The van der Waals surface area contributed by atoms with Crippen LogP contribution in [0, 0.1) is 0 Å². The van der Waals surface area contributed by atoms with Crippen molar-refractivity contribution >= 4 is 22.9 Å². The summed E-state index contributed by atoms with van der Waals surface area (Å²) in [5, 5.41) is 9.85. The van der Waals surface area contributed by atoms with Gasteiger partial charge in [0.1, 0.15) is 5.01 Å². The summed E-state index contributed by atoms with van der Waals surface area (Å²) < 4.78 is 0. The number of anilines is 1. The second-order valence-electron chi connectivity index (χ2n) is 7.95. The van der Waals surface area contributed by atoms with Gasteiger partial charge in [-0.1, -0.05) is 50.3 Å². The molecule has 2 aliphatic rings. The lowest BCUT2D eigenvalue weighted by molar-refractivity contribution is 0.0754. The molecule has 0 aliphatic carbocycles. The van der Waals surface area contributed by atoms with Gasteiger partial charge in [-0.05, 0) is 24.5 Å². The minimum Gasteiger partial charge on any atom is -0.366 e. The minimum absolute atomic E-state index is 0.0332. The summed E-state index contributed by atoms with van der Waals surface area (Å²) in [6, 6.07) is 8.98. The smallest absolute Gasteiger partial charge is 0.284 e. The lowest BCUT2D eigenvalue weighted by Crippen LogP contribution is -2.41. The SMILES string of the molecule is CC(C)(C)c1nnc(C(=O)N2CCCN3c4ccccc4CC3C2)s1. The van der Waals surface area contributed by atoms with Crippen molar-refractivity contribution < 1.29 is 4.79 Å². The molecule has 1 fully saturated rings. The van der Waals surface area contributed by atoms with Crippen LogP contribution in [0.1, 0.15) is 47.6 Å². The third-order valence-electron chi connectivity index (χ3n) is 4.99. The van der Waals surface area contributed by atoms with Crippen molar-refractivity contribution in [1.29, 1.82) is 0 Å². The third kappa shape index (κ3) is 3.03. The molecule has 6 heteroatoms. The highest BCUT2D eigenvalue weighted by Gasteiger charge is 2.34. The molecule has 1 atom stereocenters. The van der Waals surface area contributed by atoms with Crippen LogP contribution in [0.25, 0.3) is 0 Å². The number of carbonyl (C=O) groups excluding carboxylic acids is 1. The molecule has 4 rings (SSSR count). The molecule has 0 bridgehead atoms. The van der Waals surface area contributed by atoms with Crippen molar-refractivity contribution in [2.45, 2.75) is 45.1 Å². The Morgan fingerprint density at radius 2 is 2.00 bits per heavy atom. The molecule has 1 amide bonds. The maximum Gasteiger partial charge on any atom is 0.284 e. The maximum atomic E-state index is 13.0. The first kappa shape index (κ1) is 16.5. The van der Waals surface area contributed by atoms with Gasteiger partial charge in [-0.15, -0.1) is 10.2 Å². The average molecular weight is 356 g/mol. The highest BCUT2D eigenvalue weighted by molar-refractivity contribution is 7.13. The Morgan fingerprint density at radius 1 is 1.20 bits per heavy atom. The van der Waals surface area contributed by atoms with Crippen molar-refractivity contribution in [1.82, 2.24) is 15.1 Å². The van der Waals surface area contributed by atoms with Crippen LogP contribution in [-0.4, -0.2) is 46.7 Å². The van der Waals surface area contributed by atoms with Crippen LogP contribution in [0.15, 0.2) is 24.3 Å². The summed E-state index contributed by atoms with van der Waals surface area (Å²) in [6.45, 7) is 8.86. The number of rotatable bonds is 1. The standard InChI is InChI=1S/C19H24N4OS/c1-19(2,3)18-21-20-16(25-18)17(24)22-9-6-10-23-14(12-22)11-13-7-4-5-8-15(13)23/h4-5,7-8,14H,6,9-12H2,1-3H3. The van der Waals surface area contributed by atoms with Crippen molar-refractivity contribution in [2.75, 3.05) is 24.5 Å². The fourth-order valence-electron chi connectivity index (χ4n) is 3.70. The van der Waals surface area contributed by atoms with Gasteiger partial charge in [0.15, 0.2) is 0 Å². The highest BCUT2D eigenvalue weighted by Crippen LogP contribution is 2.34. The highest BCUT2D eigenvalue weighted by atomic mass is 32.1. The fourth-order valence-corrected chi connectivity index (χ4v) is 4.57. The number of carbonyl (C=O) groups is 1. The number of para-hydroxylation sites is 1. The molecule has 0 N–H and O–H groups in total. The lowest BCUT2D eigenvalue weighted by atomic mass is 9.98. The number of fused-ring (bicyclic) bond motifs is 3. The Kier molecular flexibility index (Phi) is 4.02. The summed E-state index contributed by atoms with van der Waals surface area (Å²) in [4.78, 5) is 17.4. The van der Waals surface area contributed by atoms with Gasteiger partial charge in [-0.2, -0.15) is 0 Å². The Labute approximate surface area is 152 Å². The van der Waals surface area contributed by atoms with Crippen LogP contribution in [0.2, 0.25) is 0 Å². The summed E-state index contributed by atoms with van der Waals surface area (Å²) >= 11 is 1.43. The van der Waals surface area contributed by atoms with E-state index in [0.717, 1.165) is 37.5 Å². The first-order valence-corrected chi connectivity index (χ1v) is 9.73. The number of hydrogen-bond acceptors (Lipinski definition) is 5. The Balaban J connectivity index is 1.53. The first-order chi connectivity index (χ1) is 11.9. The molecule has 1 aromatic heterocycles. The topological polar surface area (TPSA) is 49.3 Å². The molecule has 1 saturated heterocycles. The van der Waals surface area contributed by atoms with E-state index in [1.165, 1.54) is 22.6 Å². The van der Waals surface area contributed by atoms with Crippen LogP contribution in [-0.2, 0) is 11.8 Å². The van der Waals surface area contributed by atoms with Gasteiger partial charge in [0, 0.05) is 30.7 Å². The quantitative estimate of drug-likeness (QED) is 0.788. The van der Waals surface area contributed by atoms with Crippen molar-refractivity contribution in [3.63, 3.8) is 0 Å². The molecule has 25 heavy (non-hydrogen) atoms. The van der Waals surface area contributed by atoms with Gasteiger partial charge in [0.2, 0.25) is 5.01 Å². The summed E-state index contributed by atoms with van der Waals surface area (Å²) in [5.74, 6) is 0.0332. The van der Waals surface area contributed by atoms with E-state index in [1.807, 2.05) is 4.90 Å². The summed E-state index contributed by atoms with van der Waals surface area (Å²) in [6.07, 6.45) is 2.00. The zero-order chi connectivity index (χ0) is 17.6. The molecule has 132 valence electrons. The van der Waals surface area contributed by atoms with E-state index >= 15 is 0 Å². The zero-order valence-electron chi connectivity index (χ0n) is 15.0. The predicted octanol–water partition coefficient (Wildman–Crippen LogP) is 3.11. The van der Waals surface area contributed by atoms with E-state index in [4.69, 9.17) is 0 Å². The van der Waals surface area contributed by atoms with Crippen molar-refractivity contribution in [3.8, 4) is 0 Å². The van der Waals surface area contributed by atoms with Crippen molar-refractivity contribution in [3.05, 3.63) is 39.8 Å². The van der Waals surface area contributed by atoms with Crippen LogP contribution >= 0.6 is 11.3 Å². The molecule has 0 radical (unpaired) electrons. The lowest BCUT2D eigenvalue weighted by Gasteiger charge is -2.27. The van der Waals surface area contributed by atoms with Crippen LogP contribution in [0.3, 0.4) is 0 Å². The molecule has 3 heterocycles. The molecule has 1 unspecified atom stereocenters. The van der Waals surface area contributed by atoms with E-state index < -0.39 is 0 Å². The van der Waals surface area contributed by atoms with E-state index in [1.54, 1.807) is 0 Å². The van der Waals surface area contributed by atoms with Gasteiger partial charge in [-0.3, -0.25) is 4.79 Å². The maximum absolute atomic E-state index is 13.0. The van der Waals surface area contributed by atoms with Gasteiger partial charge in [0.25, 0.3) is 5.91 Å². The first-order valence-electron chi connectivity index (χ1n) is 8.91. The normalized spacial score (nSPS) is 20.2. The average Bonchev–Trinajstić information content (AvgIpc) is 3.14. The Hall–Kier alpha value is -1.95. The molecule has 2 aromatic rings. The molecule has 0 spiro atoms. The Bertz CT molecular complexity index is 795. The zero-order valence-corrected chi connectivity index (χ0v) is 15.8. The monoisotopic (exact) mass is 356 g/mol. The van der Waals surface area contributed by atoms with E-state index in [9.17, 15) is 4.79 Å². The van der Waals surface area contributed by atoms with Gasteiger partial charge in [-0.25, -0.2) is 0 Å². The number of hydrogen-bond donors (Lipinski definition) is 0. The van der Waals surface area contributed by atoms with Crippen LogP contribution < -0.4 is 4.90 Å². The largest absolute Gasteiger partial charge is 0.366 e. The van der Waals surface area contributed by atoms with E-state index in [0.29, 0.717) is 11.0 Å². The van der Waals surface area contributed by atoms with Crippen molar-refractivity contribution in [2.24, 2.45) is 0 Å². The second-order valence-corrected chi connectivity index (χ2v) is 8.92. The molecule has 1 aromatic carbocycles. The van der Waals surface area contributed by atoms with E-state index in [2.05, 4.69) is 60.1 Å². The number of amides is 1. The predicted molar refractivity (Wildman–Crippen MR) is 100 cm³/mol. The molecular formula is C19H24N4OS. The Morgan fingerprint density at radius 3 is 2.76 bits per heavy atom. The number of nitrogens with zero attached hydrogens (tertiary/aromatic N) is 4. The molecular weight excluding hydrogens is 332 g/mol. The van der Waals surface area contributed by atoms with E-state index in [-0.39, 0.29) is 11.3 Å². The van der Waals surface area contributed by atoms with Crippen LogP contribution in [0.5, 0.6) is 0 Å². The van der Waals surface area contributed by atoms with Gasteiger partial charge < -0.3 is 9.80 Å². The van der Waals surface area contributed by atoms with Gasteiger partial charge >= 0.3 is 0 Å². The molecule has 0 saturated carbocycles. The molecule has 2 aliphatic heterocycles. The summed E-state index contributed by atoms with van der Waals surface area (Å²) in [7, 11) is 0. The minimum atomic E-state index is -0.0706. The fraction of sp³-hybridized carbons (Fsp3) is 0.526.